The highest BCUT2D eigenvalue weighted by Gasteiger charge is 2.38. The molecule has 2 heterocycles. The van der Waals surface area contributed by atoms with Crippen molar-refractivity contribution >= 4 is 35.5 Å². The molecule has 9 nitrogen and oxygen atoms in total. The first-order chi connectivity index (χ1) is 12.7. The van der Waals surface area contributed by atoms with E-state index in [0.29, 0.717) is 16.8 Å². The quantitative estimate of drug-likeness (QED) is 0.384. The lowest BCUT2D eigenvalue weighted by molar-refractivity contribution is -0.402. The van der Waals surface area contributed by atoms with Gasteiger partial charge in [-0.1, -0.05) is 17.7 Å². The van der Waals surface area contributed by atoms with Gasteiger partial charge in [-0.15, -0.1) is 0 Å². The molecule has 27 heavy (non-hydrogen) atoms. The standard InChI is InChI=1S/C18H15N3O6/c1-9-6-10(2)15(11(3)7-9)20-17(23)13(16(22)19-18(20)24)8-12-4-5-14(27-12)21(25)26/h4-8H,1-3H3,(H,19,22,24)/b13-8-. The number of anilines is 1. The molecule has 1 aliphatic heterocycles. The zero-order valence-corrected chi connectivity index (χ0v) is 14.7. The van der Waals surface area contributed by atoms with Gasteiger partial charge in [-0.05, 0) is 44.0 Å². The van der Waals surface area contributed by atoms with Gasteiger partial charge in [0.2, 0.25) is 0 Å². The molecule has 1 aromatic carbocycles. The molecule has 0 saturated carbocycles. The average Bonchev–Trinajstić information content (AvgIpc) is 3.02. The van der Waals surface area contributed by atoms with Crippen LogP contribution in [-0.2, 0) is 9.59 Å². The lowest BCUT2D eigenvalue weighted by atomic mass is 10.0. The molecule has 0 aliphatic carbocycles. The van der Waals surface area contributed by atoms with Crippen LogP contribution in [0.1, 0.15) is 22.5 Å². The number of benzene rings is 1. The third-order valence-electron chi connectivity index (χ3n) is 4.04. The van der Waals surface area contributed by atoms with Crippen LogP contribution >= 0.6 is 0 Å². The number of urea groups is 1. The summed E-state index contributed by atoms with van der Waals surface area (Å²) in [4.78, 5) is 48.2. The number of amides is 4. The number of barbiturate groups is 1. The Balaban J connectivity index is 2.06. The number of aryl methyl sites for hydroxylation is 3. The van der Waals surface area contributed by atoms with Gasteiger partial charge < -0.3 is 4.42 Å². The van der Waals surface area contributed by atoms with E-state index in [4.69, 9.17) is 4.42 Å². The van der Waals surface area contributed by atoms with Gasteiger partial charge in [0, 0.05) is 0 Å². The van der Waals surface area contributed by atoms with Crippen molar-refractivity contribution in [1.82, 2.24) is 5.32 Å². The molecule has 1 aliphatic rings. The first-order valence-corrected chi connectivity index (χ1v) is 7.92. The molecule has 2 aromatic rings. The van der Waals surface area contributed by atoms with Crippen LogP contribution in [-0.4, -0.2) is 22.8 Å². The Morgan fingerprint density at radius 1 is 1.11 bits per heavy atom. The SMILES string of the molecule is Cc1cc(C)c(N2C(=O)NC(=O)/C(=C/c3ccc([N+](=O)[O-])o3)C2=O)c(C)c1. The second-order valence-electron chi connectivity index (χ2n) is 6.14. The monoisotopic (exact) mass is 369 g/mol. The number of furan rings is 1. The highest BCUT2D eigenvalue weighted by Crippen LogP contribution is 2.30. The van der Waals surface area contributed by atoms with E-state index in [9.17, 15) is 24.5 Å². The Bertz CT molecular complexity index is 1010. The maximum atomic E-state index is 12.9. The number of carbonyl (C=O) groups excluding carboxylic acids is 3. The zero-order chi connectivity index (χ0) is 19.9. The minimum atomic E-state index is -0.900. The second kappa shape index (κ2) is 6.52. The predicted octanol–water partition coefficient (Wildman–Crippen LogP) is 2.78. The number of nitrogens with zero attached hydrogens (tertiary/aromatic N) is 2. The van der Waals surface area contributed by atoms with Crippen molar-refractivity contribution in [1.29, 1.82) is 0 Å². The maximum Gasteiger partial charge on any atom is 0.433 e. The molecular formula is C18H15N3O6. The van der Waals surface area contributed by atoms with E-state index in [2.05, 4.69) is 5.32 Å². The second-order valence-corrected chi connectivity index (χ2v) is 6.14. The van der Waals surface area contributed by atoms with Crippen molar-refractivity contribution in [2.24, 2.45) is 0 Å². The third-order valence-corrected chi connectivity index (χ3v) is 4.04. The number of nitro groups is 1. The number of hydrogen-bond acceptors (Lipinski definition) is 6. The van der Waals surface area contributed by atoms with Gasteiger partial charge >= 0.3 is 11.9 Å². The summed E-state index contributed by atoms with van der Waals surface area (Å²) >= 11 is 0. The van der Waals surface area contributed by atoms with E-state index < -0.39 is 28.7 Å². The highest BCUT2D eigenvalue weighted by atomic mass is 16.6. The molecule has 1 fully saturated rings. The number of nitrogens with one attached hydrogen (secondary N) is 1. The molecule has 9 heteroatoms. The van der Waals surface area contributed by atoms with Crippen LogP contribution in [0.25, 0.3) is 6.08 Å². The van der Waals surface area contributed by atoms with E-state index >= 15 is 0 Å². The Kier molecular flexibility index (Phi) is 4.36. The van der Waals surface area contributed by atoms with Gasteiger partial charge in [0.15, 0.2) is 0 Å². The van der Waals surface area contributed by atoms with Crippen LogP contribution in [0, 0.1) is 30.9 Å². The van der Waals surface area contributed by atoms with Crippen molar-refractivity contribution in [3.05, 3.63) is 62.4 Å². The number of rotatable bonds is 3. The third kappa shape index (κ3) is 3.22. The fourth-order valence-electron chi connectivity index (χ4n) is 3.05. The van der Waals surface area contributed by atoms with Gasteiger partial charge in [-0.2, -0.15) is 0 Å². The lowest BCUT2D eigenvalue weighted by Gasteiger charge is -2.29. The topological polar surface area (TPSA) is 123 Å². The Morgan fingerprint density at radius 2 is 1.74 bits per heavy atom. The summed E-state index contributed by atoms with van der Waals surface area (Å²) in [5.74, 6) is -2.31. The summed E-state index contributed by atoms with van der Waals surface area (Å²) in [5, 5.41) is 12.8. The van der Waals surface area contributed by atoms with Crippen LogP contribution < -0.4 is 10.2 Å². The lowest BCUT2D eigenvalue weighted by Crippen LogP contribution is -2.54. The van der Waals surface area contributed by atoms with Gasteiger partial charge in [0.1, 0.15) is 16.3 Å². The molecule has 1 aromatic heterocycles. The fraction of sp³-hybridized carbons (Fsp3) is 0.167. The summed E-state index contributed by atoms with van der Waals surface area (Å²) in [5.41, 5.74) is 2.37. The van der Waals surface area contributed by atoms with Crippen molar-refractivity contribution in [3.8, 4) is 0 Å². The molecule has 0 radical (unpaired) electrons. The van der Waals surface area contributed by atoms with Gasteiger partial charge in [0.05, 0.1) is 11.8 Å². The van der Waals surface area contributed by atoms with Crippen LogP contribution in [0.5, 0.6) is 0 Å². The fourth-order valence-corrected chi connectivity index (χ4v) is 3.05. The van der Waals surface area contributed by atoms with Gasteiger partial charge in [-0.25, -0.2) is 9.69 Å². The van der Waals surface area contributed by atoms with Crippen molar-refractivity contribution in [2.45, 2.75) is 20.8 Å². The first kappa shape index (κ1) is 18.1. The van der Waals surface area contributed by atoms with E-state index in [1.807, 2.05) is 19.1 Å². The normalized spacial score (nSPS) is 16.0. The van der Waals surface area contributed by atoms with Crippen LogP contribution in [0.3, 0.4) is 0 Å². The van der Waals surface area contributed by atoms with E-state index in [1.165, 1.54) is 6.07 Å². The largest absolute Gasteiger partial charge is 0.433 e. The molecule has 0 unspecified atom stereocenters. The molecule has 138 valence electrons. The van der Waals surface area contributed by atoms with Crippen molar-refractivity contribution < 1.29 is 23.7 Å². The number of hydrogen-bond donors (Lipinski definition) is 1. The summed E-state index contributed by atoms with van der Waals surface area (Å²) < 4.78 is 4.96. The number of imide groups is 2. The summed E-state index contributed by atoms with van der Waals surface area (Å²) in [6.07, 6.45) is 1.07. The summed E-state index contributed by atoms with van der Waals surface area (Å²) in [7, 11) is 0. The molecule has 0 spiro atoms. The molecule has 1 saturated heterocycles. The summed E-state index contributed by atoms with van der Waals surface area (Å²) in [6, 6.07) is 5.14. The smallest absolute Gasteiger partial charge is 0.401 e. The maximum absolute atomic E-state index is 12.9. The van der Waals surface area contributed by atoms with Gasteiger partial charge in [0.25, 0.3) is 11.8 Å². The van der Waals surface area contributed by atoms with Gasteiger partial charge in [-0.3, -0.25) is 25.0 Å². The minimum Gasteiger partial charge on any atom is -0.401 e. The van der Waals surface area contributed by atoms with E-state index in [-0.39, 0.29) is 11.3 Å². The van der Waals surface area contributed by atoms with E-state index in [1.54, 1.807) is 13.8 Å². The van der Waals surface area contributed by atoms with Crippen LogP contribution in [0.4, 0.5) is 16.4 Å². The Hall–Kier alpha value is -3.75. The van der Waals surface area contributed by atoms with Crippen LogP contribution in [0.15, 0.2) is 34.3 Å². The predicted molar refractivity (Wildman–Crippen MR) is 95.0 cm³/mol. The average molecular weight is 369 g/mol. The number of carbonyl (C=O) groups is 3. The highest BCUT2D eigenvalue weighted by molar-refractivity contribution is 6.39. The molecule has 0 bridgehead atoms. The molecular weight excluding hydrogens is 354 g/mol. The Labute approximate surface area is 153 Å². The molecule has 4 amide bonds. The molecule has 0 atom stereocenters. The van der Waals surface area contributed by atoms with Crippen molar-refractivity contribution in [2.75, 3.05) is 4.90 Å². The Morgan fingerprint density at radius 3 is 2.30 bits per heavy atom. The zero-order valence-electron chi connectivity index (χ0n) is 14.7. The summed E-state index contributed by atoms with van der Waals surface area (Å²) in [6.45, 7) is 5.40. The first-order valence-electron chi connectivity index (χ1n) is 7.92. The van der Waals surface area contributed by atoms with Crippen molar-refractivity contribution in [3.63, 3.8) is 0 Å². The minimum absolute atomic E-state index is 0.0492. The van der Waals surface area contributed by atoms with Crippen LogP contribution in [0.2, 0.25) is 0 Å². The molecule has 1 N–H and O–H groups in total. The molecule has 3 rings (SSSR count). The van der Waals surface area contributed by atoms with E-state index in [0.717, 1.165) is 22.6 Å².